The number of allylic oxidation sites excluding steroid dienone is 10. The smallest absolute Gasteiger partial charge is 0.119 e. The number of hydrogen-bond acceptors (Lipinski definition) is 4. The summed E-state index contributed by atoms with van der Waals surface area (Å²) in [6, 6.07) is 5.96. The molecule has 6 heteroatoms. The van der Waals surface area contributed by atoms with Crippen molar-refractivity contribution in [3.8, 4) is 5.75 Å². The molecule has 0 fully saturated rings. The Bertz CT molecular complexity index is 1000. The molecule has 4 nitrogen and oxygen atoms in total. The minimum absolute atomic E-state index is 0. The zero-order valence-corrected chi connectivity index (χ0v) is 33.2. The topological polar surface area (TPSA) is 73.0 Å². The number of hydrogen-bond donors (Lipinski definition) is 3. The maximum Gasteiger partial charge on any atom is 0.119 e. The molecule has 42 heavy (non-hydrogen) atoms. The van der Waals surface area contributed by atoms with Gasteiger partial charge in [-0.1, -0.05) is 109 Å². The van der Waals surface area contributed by atoms with Gasteiger partial charge >= 0.3 is 0 Å². The number of fused-ring (bicyclic) bond motifs is 3. The monoisotopic (exact) mass is 727 g/mol. The van der Waals surface area contributed by atoms with Crippen molar-refractivity contribution in [3.63, 3.8) is 0 Å². The Balaban J connectivity index is -0.000000227. The second kappa shape index (κ2) is 27.5. The second-order valence-electron chi connectivity index (χ2n) is 8.73. The summed E-state index contributed by atoms with van der Waals surface area (Å²) in [6.45, 7) is 14.1. The first-order valence-electron chi connectivity index (χ1n) is 14.3. The normalized spacial score (nSPS) is 23.4. The Morgan fingerprint density at radius 3 is 1.88 bits per heavy atom. The van der Waals surface area contributed by atoms with Gasteiger partial charge in [-0.3, -0.25) is 4.99 Å². The van der Waals surface area contributed by atoms with Crippen LogP contribution in [-0.4, -0.2) is 27.6 Å². The number of phenols is 1. The first kappa shape index (κ1) is 47.9. The summed E-state index contributed by atoms with van der Waals surface area (Å²) in [5.74, 6) is 2.95. The first-order valence-corrected chi connectivity index (χ1v) is 14.3. The van der Waals surface area contributed by atoms with E-state index in [9.17, 15) is 15.3 Å². The minimum Gasteiger partial charge on any atom is -0.512 e. The van der Waals surface area contributed by atoms with Crippen LogP contribution in [0.25, 0.3) is 0 Å². The van der Waals surface area contributed by atoms with E-state index in [4.69, 9.17) is 0 Å². The molecule has 6 rings (SSSR count). The van der Waals surface area contributed by atoms with Crippen LogP contribution in [0.5, 0.6) is 5.75 Å². The maximum absolute atomic E-state index is 9.54. The van der Waals surface area contributed by atoms with E-state index < -0.39 is 0 Å². The van der Waals surface area contributed by atoms with Crippen LogP contribution >= 0.6 is 0 Å². The van der Waals surface area contributed by atoms with Gasteiger partial charge in [0.25, 0.3) is 0 Å². The Hall–Kier alpha value is -1.06. The van der Waals surface area contributed by atoms with Crippen LogP contribution < -0.4 is 0 Å². The van der Waals surface area contributed by atoms with Crippen molar-refractivity contribution in [1.29, 1.82) is 0 Å². The standard InChI is InChI=1S/C11H12O.C9H10O.C8H9NO.3C2H6.2CH3.2Y/c1-8-4-2-6-10-9(8)5-3-7-11(10)12;10-9-6-2-4-7-3-1-5-8(7)9;10-8-3-1-2-7-6(8)4-5-9-7;3*1-2;;;;/h2-5,7-8,12H,6H2,1H3;1-4,6-8,10H,5H2;1-3,5-7,10H,4H2;3*1-2H3;2*1H3;;/q;;;;;;2*-1;;. The molecule has 5 atom stereocenters. The van der Waals surface area contributed by atoms with E-state index in [0.717, 1.165) is 24.8 Å². The molecule has 1 aromatic carbocycles. The van der Waals surface area contributed by atoms with Gasteiger partial charge < -0.3 is 30.2 Å². The minimum atomic E-state index is 0. The van der Waals surface area contributed by atoms with E-state index in [0.29, 0.717) is 35.0 Å². The summed E-state index contributed by atoms with van der Waals surface area (Å²) in [6.07, 6.45) is 24.7. The van der Waals surface area contributed by atoms with Crippen molar-refractivity contribution in [2.24, 2.45) is 22.7 Å². The molecule has 1 heterocycles. The third-order valence-electron chi connectivity index (χ3n) is 6.62. The number of benzene rings is 1. The van der Waals surface area contributed by atoms with Crippen LogP contribution in [0.4, 0.5) is 0 Å². The Labute approximate surface area is 308 Å². The molecule has 2 radical (unpaired) electrons. The molecular weight excluding hydrogens is 672 g/mol. The summed E-state index contributed by atoms with van der Waals surface area (Å²) in [5, 5.41) is 28.2. The fourth-order valence-electron chi connectivity index (χ4n) is 4.74. The molecule has 0 saturated heterocycles. The van der Waals surface area contributed by atoms with Crippen molar-refractivity contribution in [1.82, 2.24) is 0 Å². The molecule has 1 aliphatic heterocycles. The van der Waals surface area contributed by atoms with Crippen LogP contribution in [0.15, 0.2) is 95.5 Å². The molecule has 0 bridgehead atoms. The number of phenolic OH excluding ortho intramolecular Hbond substituents is 1. The second-order valence-corrected chi connectivity index (χ2v) is 8.73. The van der Waals surface area contributed by atoms with Gasteiger partial charge in [-0.15, -0.1) is 0 Å². The Kier molecular flexibility index (Phi) is 31.3. The van der Waals surface area contributed by atoms with Crippen LogP contribution in [0.3, 0.4) is 0 Å². The van der Waals surface area contributed by atoms with E-state index in [-0.39, 0.29) is 92.2 Å². The zero-order valence-electron chi connectivity index (χ0n) is 27.5. The molecule has 0 spiro atoms. The van der Waals surface area contributed by atoms with Crippen LogP contribution in [0.2, 0.25) is 0 Å². The summed E-state index contributed by atoms with van der Waals surface area (Å²) >= 11 is 0. The number of aliphatic hydroxyl groups excluding tert-OH is 2. The number of aliphatic hydroxyl groups is 2. The molecule has 5 aliphatic rings. The van der Waals surface area contributed by atoms with Crippen LogP contribution in [-0.2, 0) is 71.8 Å². The number of rotatable bonds is 0. The fourth-order valence-corrected chi connectivity index (χ4v) is 4.74. The van der Waals surface area contributed by atoms with Gasteiger partial charge in [0, 0.05) is 95.0 Å². The fraction of sp³-hybridized carbons (Fsp3) is 0.417. The molecule has 3 N–H and O–H groups in total. The Morgan fingerprint density at radius 1 is 0.714 bits per heavy atom. The van der Waals surface area contributed by atoms with E-state index in [1.54, 1.807) is 18.2 Å². The first-order chi connectivity index (χ1) is 18.5. The molecule has 4 aliphatic carbocycles. The summed E-state index contributed by atoms with van der Waals surface area (Å²) in [5.41, 5.74) is 2.35. The van der Waals surface area contributed by atoms with Crippen molar-refractivity contribution < 1.29 is 80.7 Å². The van der Waals surface area contributed by atoms with E-state index in [1.807, 2.05) is 72.1 Å². The zero-order chi connectivity index (χ0) is 28.5. The third kappa shape index (κ3) is 14.1. The third-order valence-corrected chi connectivity index (χ3v) is 6.62. The number of aromatic hydroxyl groups is 1. The molecule has 0 amide bonds. The van der Waals surface area contributed by atoms with Crippen LogP contribution in [0.1, 0.15) is 78.4 Å². The molecule has 5 unspecified atom stereocenters. The van der Waals surface area contributed by atoms with E-state index in [1.165, 1.54) is 5.56 Å². The van der Waals surface area contributed by atoms with Gasteiger partial charge in [0.2, 0.25) is 0 Å². The van der Waals surface area contributed by atoms with Gasteiger partial charge in [-0.25, -0.2) is 0 Å². The van der Waals surface area contributed by atoms with Crippen LogP contribution in [0, 0.1) is 32.6 Å². The largest absolute Gasteiger partial charge is 0.512 e. The SMILES string of the molecule is CC.CC.CC.CC1C=CCc2c(O)cccc21.OC1=CC=CC2C=CCC12.OC1=CC=CC2N=CCC12.[CH3-].[CH3-].[Y].[Y]. The maximum atomic E-state index is 9.54. The van der Waals surface area contributed by atoms with Crippen molar-refractivity contribution in [3.05, 3.63) is 116 Å². The quantitative estimate of drug-likeness (QED) is 0.184. The number of nitrogens with zero attached hydrogens (tertiary/aromatic N) is 1. The predicted molar refractivity (Wildman–Crippen MR) is 177 cm³/mol. The summed E-state index contributed by atoms with van der Waals surface area (Å²) < 4.78 is 0. The molecule has 230 valence electrons. The Morgan fingerprint density at radius 2 is 1.31 bits per heavy atom. The van der Waals surface area contributed by atoms with E-state index in [2.05, 4.69) is 48.4 Å². The van der Waals surface area contributed by atoms with Gasteiger partial charge in [0.1, 0.15) is 5.75 Å². The average molecular weight is 728 g/mol. The average Bonchev–Trinajstić information content (AvgIpc) is 3.65. The number of aliphatic imine (C=N–C) groups is 1. The van der Waals surface area contributed by atoms with Gasteiger partial charge in [-0.05, 0) is 49.0 Å². The van der Waals surface area contributed by atoms with Gasteiger partial charge in [0.05, 0.1) is 17.6 Å². The van der Waals surface area contributed by atoms with E-state index >= 15 is 0 Å². The molecule has 1 aromatic rings. The van der Waals surface area contributed by atoms with Gasteiger partial charge in [-0.2, -0.15) is 0 Å². The van der Waals surface area contributed by atoms with Crippen molar-refractivity contribution in [2.75, 3.05) is 0 Å². The molecular formula is C36H55NO3Y2-2. The van der Waals surface area contributed by atoms with Gasteiger partial charge in [0.15, 0.2) is 0 Å². The molecule has 0 aromatic heterocycles. The molecule has 0 saturated carbocycles. The predicted octanol–water partition coefficient (Wildman–Crippen LogP) is 10.2. The summed E-state index contributed by atoms with van der Waals surface area (Å²) in [4.78, 5) is 4.20. The summed E-state index contributed by atoms with van der Waals surface area (Å²) in [7, 11) is 0. The van der Waals surface area contributed by atoms with Crippen molar-refractivity contribution in [2.45, 2.75) is 79.7 Å². The van der Waals surface area contributed by atoms with Crippen molar-refractivity contribution >= 4 is 6.21 Å².